The molecule has 0 N–H and O–H groups in total. The van der Waals surface area contributed by atoms with Crippen molar-refractivity contribution in [3.63, 3.8) is 0 Å². The Hall–Kier alpha value is -4.10. The first-order valence-electron chi connectivity index (χ1n) is 14.1. The second kappa shape index (κ2) is 10.8. The summed E-state index contributed by atoms with van der Waals surface area (Å²) in [6, 6.07) is 7.09. The monoisotopic (exact) mass is 626 g/mol. The van der Waals surface area contributed by atoms with Crippen LogP contribution in [0.3, 0.4) is 0 Å². The number of fused-ring (bicyclic) bond motifs is 2. The van der Waals surface area contributed by atoms with E-state index in [0.717, 1.165) is 23.9 Å². The highest BCUT2D eigenvalue weighted by molar-refractivity contribution is 7.98. The summed E-state index contributed by atoms with van der Waals surface area (Å²) in [5.41, 5.74) is 0.270. The molecule has 230 valence electrons. The summed E-state index contributed by atoms with van der Waals surface area (Å²) in [4.78, 5) is 22.9. The molecule has 1 aromatic carbocycles. The summed E-state index contributed by atoms with van der Waals surface area (Å²) < 4.78 is 73.8. The number of carbonyl (C=O) groups excluding carboxylic acids is 1. The molecule has 13 heteroatoms. The molecule has 3 aromatic heterocycles. The smallest absolute Gasteiger partial charge is 0.339 e. The van der Waals surface area contributed by atoms with Gasteiger partial charge in [0.1, 0.15) is 11.5 Å². The van der Waals surface area contributed by atoms with Crippen LogP contribution in [0, 0.1) is 11.2 Å². The van der Waals surface area contributed by atoms with E-state index in [-0.39, 0.29) is 18.5 Å². The quantitative estimate of drug-likeness (QED) is 0.153. The molecule has 0 spiro atoms. The van der Waals surface area contributed by atoms with E-state index in [2.05, 4.69) is 20.9 Å². The van der Waals surface area contributed by atoms with Crippen molar-refractivity contribution >= 4 is 27.4 Å². The number of imidazole rings is 1. The molecule has 1 unspecified atom stereocenters. The summed E-state index contributed by atoms with van der Waals surface area (Å²) in [6.07, 6.45) is 4.32. The molecular weight excluding hydrogens is 596 g/mol. The van der Waals surface area contributed by atoms with Gasteiger partial charge in [-0.3, -0.25) is 9.78 Å². The molecule has 6 rings (SSSR count). The number of pyridine rings is 1. The van der Waals surface area contributed by atoms with Crippen molar-refractivity contribution in [3.8, 4) is 5.69 Å². The van der Waals surface area contributed by atoms with E-state index in [1.165, 1.54) is 12.1 Å². The molecule has 3 atom stereocenters. The minimum absolute atomic E-state index is 0.155. The van der Waals surface area contributed by atoms with Crippen LogP contribution in [-0.4, -0.2) is 57.1 Å². The van der Waals surface area contributed by atoms with Crippen molar-refractivity contribution in [2.45, 2.75) is 49.9 Å². The van der Waals surface area contributed by atoms with E-state index in [4.69, 9.17) is 0 Å². The molecule has 2 aliphatic carbocycles. The topological polar surface area (TPSA) is 85.9 Å². The summed E-state index contributed by atoms with van der Waals surface area (Å²) in [5.74, 6) is 3.12. The number of nitrogens with zero attached hydrogens (tertiary/aromatic N) is 6. The zero-order valence-electron chi connectivity index (χ0n) is 24.1. The maximum Gasteiger partial charge on any atom is 0.416 e. The molecule has 8 nitrogen and oxygen atoms in total. The first kappa shape index (κ1) is 29.9. The van der Waals surface area contributed by atoms with Crippen LogP contribution < -0.4 is 0 Å². The lowest BCUT2D eigenvalue weighted by Crippen LogP contribution is -2.50. The Balaban J connectivity index is 1.45. The van der Waals surface area contributed by atoms with E-state index in [1.807, 2.05) is 13.0 Å². The molecule has 44 heavy (non-hydrogen) atoms. The third-order valence-corrected chi connectivity index (χ3v) is 10.7. The number of halogens is 4. The van der Waals surface area contributed by atoms with Crippen LogP contribution in [0.25, 0.3) is 11.8 Å². The first-order valence-corrected chi connectivity index (χ1v) is 15.8. The van der Waals surface area contributed by atoms with Gasteiger partial charge in [0.05, 0.1) is 44.6 Å². The van der Waals surface area contributed by atoms with Crippen molar-refractivity contribution in [3.05, 3.63) is 95.2 Å². The number of hydrogen-bond acceptors (Lipinski definition) is 5. The Bertz CT molecular complexity index is 1880. The zero-order chi connectivity index (χ0) is 31.4. The van der Waals surface area contributed by atoms with Crippen molar-refractivity contribution in [2.75, 3.05) is 6.54 Å². The van der Waals surface area contributed by atoms with Crippen LogP contribution in [0.5, 0.6) is 0 Å². The number of aromatic nitrogens is 5. The number of ketones is 1. The van der Waals surface area contributed by atoms with Crippen molar-refractivity contribution in [1.82, 2.24) is 28.6 Å². The number of carbonyl (C=O) groups is 1. The van der Waals surface area contributed by atoms with Crippen molar-refractivity contribution in [2.24, 2.45) is 12.5 Å². The molecule has 3 heterocycles. The van der Waals surface area contributed by atoms with Gasteiger partial charge < -0.3 is 4.57 Å². The third kappa shape index (κ3) is 5.07. The predicted molar refractivity (Wildman–Crippen MR) is 158 cm³/mol. The number of rotatable bonds is 7. The van der Waals surface area contributed by atoms with Crippen LogP contribution in [0.1, 0.15) is 53.5 Å². The van der Waals surface area contributed by atoms with Crippen molar-refractivity contribution < 1.29 is 26.6 Å². The van der Waals surface area contributed by atoms with Crippen LogP contribution in [-0.2, 0) is 29.4 Å². The van der Waals surface area contributed by atoms with Gasteiger partial charge in [0.25, 0.3) is 0 Å². The zero-order valence-corrected chi connectivity index (χ0v) is 24.9. The molecule has 1 fully saturated rings. The Morgan fingerprint density at radius 1 is 1.20 bits per heavy atom. The lowest BCUT2D eigenvalue weighted by Gasteiger charge is -2.47. The Morgan fingerprint density at radius 2 is 1.95 bits per heavy atom. The minimum Gasteiger partial charge on any atom is -0.339 e. The molecule has 0 bridgehead atoms. The van der Waals surface area contributed by atoms with Gasteiger partial charge in [-0.25, -0.2) is 22.6 Å². The van der Waals surface area contributed by atoms with Gasteiger partial charge in [-0.2, -0.15) is 18.3 Å². The van der Waals surface area contributed by atoms with Crippen molar-refractivity contribution in [1.29, 1.82) is 0 Å². The van der Waals surface area contributed by atoms with E-state index >= 15 is 0 Å². The normalized spacial score (nSPS) is 21.3. The number of benzene rings is 1. The fourth-order valence-electron chi connectivity index (χ4n) is 6.47. The van der Waals surface area contributed by atoms with Gasteiger partial charge in [-0.15, -0.1) is 0 Å². The van der Waals surface area contributed by atoms with E-state index in [1.54, 1.807) is 51.5 Å². The molecule has 4 aromatic rings. The van der Waals surface area contributed by atoms with E-state index in [9.17, 15) is 26.6 Å². The number of hydrogen-bond donors (Lipinski definition) is 0. The third-order valence-electron chi connectivity index (χ3n) is 8.57. The number of allylic oxidation sites excluding steroid dienone is 1. The fourth-order valence-corrected chi connectivity index (χ4v) is 8.34. The lowest BCUT2D eigenvalue weighted by molar-refractivity contribution is -0.137. The first-order chi connectivity index (χ1) is 20.8. The van der Waals surface area contributed by atoms with Gasteiger partial charge in [0, 0.05) is 32.0 Å². The number of aryl methyl sites for hydroxylation is 1. The van der Waals surface area contributed by atoms with E-state index < -0.39 is 44.5 Å². The molecule has 0 saturated heterocycles. The highest BCUT2D eigenvalue weighted by atomic mass is 32.2. The summed E-state index contributed by atoms with van der Waals surface area (Å²) >= 11 is 0. The van der Waals surface area contributed by atoms with Gasteiger partial charge in [0.15, 0.2) is 10.8 Å². The van der Waals surface area contributed by atoms with Crippen LogP contribution in [0.2, 0.25) is 0 Å². The average Bonchev–Trinajstić information content (AvgIpc) is 3.62. The molecular formula is C31H30F4N6O2S. The van der Waals surface area contributed by atoms with E-state index in [0.29, 0.717) is 41.4 Å². The minimum atomic E-state index is -4.65. The highest BCUT2D eigenvalue weighted by Crippen LogP contribution is 2.51. The maximum atomic E-state index is 14.5. The molecule has 0 radical (unpaired) electrons. The van der Waals surface area contributed by atoms with Gasteiger partial charge in [-0.05, 0) is 79.6 Å². The van der Waals surface area contributed by atoms with Gasteiger partial charge in [-0.1, -0.05) is 12.5 Å². The second-order valence-electron chi connectivity index (χ2n) is 11.3. The Morgan fingerprint density at radius 3 is 2.61 bits per heavy atom. The largest absolute Gasteiger partial charge is 0.416 e. The molecule has 2 aliphatic rings. The van der Waals surface area contributed by atoms with Crippen LogP contribution >= 0.6 is 0 Å². The predicted octanol–water partition coefficient (Wildman–Crippen LogP) is 5.53. The van der Waals surface area contributed by atoms with Crippen LogP contribution in [0.4, 0.5) is 17.6 Å². The summed E-state index contributed by atoms with van der Waals surface area (Å²) in [7, 11) is -1.28. The molecule has 0 aliphatic heterocycles. The Labute approximate surface area is 252 Å². The van der Waals surface area contributed by atoms with Gasteiger partial charge >= 0.3 is 6.18 Å². The summed E-state index contributed by atoms with van der Waals surface area (Å²) in [5, 5.41) is 4.83. The summed E-state index contributed by atoms with van der Waals surface area (Å²) in [6.45, 7) is 2.20. The average molecular weight is 627 g/mol. The molecule has 1 saturated carbocycles. The van der Waals surface area contributed by atoms with Crippen LogP contribution in [0.15, 0.2) is 71.9 Å². The van der Waals surface area contributed by atoms with Gasteiger partial charge in [0.2, 0.25) is 0 Å². The second-order valence-corrected chi connectivity index (χ2v) is 13.4. The molecule has 0 amide bonds. The Kier molecular flexibility index (Phi) is 7.36. The SMILES string of the molecule is C=S(=O)(c1cn(C)cn1)N(CC)[C@H]1CCC2=Cc3c(cnn3-c3ccc(F)cc3)C[C@]2(C(=O)c2cc(C(F)(F)F)ccn2)C1. The number of alkyl halides is 3. The standard InChI is InChI=1S/C31H30F4N6O2S/c1-4-40(44(3,43)28-18-39(2)19-37-28)25-8-5-21-14-27-20(17-38-41(27)24-9-6-23(32)7-10-24)15-30(21,16-25)29(42)26-13-22(11-12-36-26)31(33,34)35/h6-7,9-14,17-19,25H,3-5,8,15-16H2,1-2H3/t25-,30-,44?/m0/s1. The highest BCUT2D eigenvalue weighted by Gasteiger charge is 2.51. The fraction of sp³-hybridized carbons (Fsp3) is 0.323. The lowest BCUT2D eigenvalue weighted by atomic mass is 9.60. The number of Topliss-reactive ketones (excluding diaryl/α,β-unsaturated/α-hetero) is 1. The maximum absolute atomic E-state index is 14.5.